The molecule has 0 heterocycles. The van der Waals surface area contributed by atoms with Gasteiger partial charge in [-0.05, 0) is 51.4 Å². The van der Waals surface area contributed by atoms with E-state index in [0.29, 0.717) is 11.8 Å². The number of hydrazone groups is 1. The van der Waals surface area contributed by atoms with E-state index in [2.05, 4.69) is 46.3 Å². The second-order valence-electron chi connectivity index (χ2n) is 9.22. The second-order valence-corrected chi connectivity index (χ2v) is 9.22. The molecular formula is C22H42N2O2. The van der Waals surface area contributed by atoms with Crippen molar-refractivity contribution in [3.63, 3.8) is 0 Å². The molecule has 0 bridgehead atoms. The van der Waals surface area contributed by atoms with Crippen LogP contribution in [0.3, 0.4) is 0 Å². The van der Waals surface area contributed by atoms with Gasteiger partial charge in [-0.25, -0.2) is 4.79 Å². The van der Waals surface area contributed by atoms with Crippen LogP contribution < -0.4 is 0 Å². The highest BCUT2D eigenvalue weighted by molar-refractivity contribution is 5.70. The van der Waals surface area contributed by atoms with Crippen LogP contribution in [0.15, 0.2) is 17.8 Å². The molecule has 2 unspecified atom stereocenters. The monoisotopic (exact) mass is 366 g/mol. The van der Waals surface area contributed by atoms with E-state index in [9.17, 15) is 4.79 Å². The van der Waals surface area contributed by atoms with Gasteiger partial charge in [-0.2, -0.15) is 10.1 Å². The lowest BCUT2D eigenvalue weighted by molar-refractivity contribution is 0.0190. The molecule has 2 atom stereocenters. The first kappa shape index (κ1) is 24.7. The maximum absolute atomic E-state index is 12.6. The van der Waals surface area contributed by atoms with Crippen LogP contribution in [0.25, 0.3) is 0 Å². The molecule has 26 heavy (non-hydrogen) atoms. The summed E-state index contributed by atoms with van der Waals surface area (Å²) in [6.45, 7) is 20.5. The number of rotatable bonds is 11. The Kier molecular flexibility index (Phi) is 11.5. The number of carbonyl (C=O) groups excluding carboxylic acids is 1. The lowest BCUT2D eigenvalue weighted by Gasteiger charge is -2.29. The number of amides is 1. The molecule has 0 saturated carbocycles. The third kappa shape index (κ3) is 12.1. The van der Waals surface area contributed by atoms with Crippen LogP contribution in [0.2, 0.25) is 0 Å². The molecule has 152 valence electrons. The van der Waals surface area contributed by atoms with Gasteiger partial charge >= 0.3 is 6.09 Å². The Bertz CT molecular complexity index is 436. The highest BCUT2D eigenvalue weighted by atomic mass is 16.6. The molecule has 0 aliphatic heterocycles. The molecule has 0 aliphatic carbocycles. The van der Waals surface area contributed by atoms with Crippen molar-refractivity contribution in [1.82, 2.24) is 5.01 Å². The smallest absolute Gasteiger partial charge is 0.431 e. The van der Waals surface area contributed by atoms with Crippen LogP contribution in [0.5, 0.6) is 0 Å². The van der Waals surface area contributed by atoms with Crippen molar-refractivity contribution in [2.24, 2.45) is 22.9 Å². The molecule has 4 nitrogen and oxygen atoms in total. The van der Waals surface area contributed by atoms with Gasteiger partial charge in [0.15, 0.2) is 0 Å². The van der Waals surface area contributed by atoms with Gasteiger partial charge in [0.2, 0.25) is 0 Å². The molecular weight excluding hydrogens is 324 g/mol. The molecule has 0 aromatic heterocycles. The van der Waals surface area contributed by atoms with Crippen LogP contribution in [-0.4, -0.2) is 29.0 Å². The van der Waals surface area contributed by atoms with E-state index in [-0.39, 0.29) is 6.04 Å². The minimum absolute atomic E-state index is 0.155. The molecule has 1 amide bonds. The van der Waals surface area contributed by atoms with E-state index >= 15 is 0 Å². The van der Waals surface area contributed by atoms with Gasteiger partial charge in [-0.1, -0.05) is 60.0 Å². The Labute approximate surface area is 162 Å². The van der Waals surface area contributed by atoms with Crippen LogP contribution in [0.4, 0.5) is 4.79 Å². The van der Waals surface area contributed by atoms with Gasteiger partial charge in [-0.15, -0.1) is 6.58 Å². The summed E-state index contributed by atoms with van der Waals surface area (Å²) < 4.78 is 5.54. The standard InChI is InChI=1S/C22H42N2O2/c1-10-20(16-18(4)5)24(21(25)26-22(7,8)9)23-15-14-19(6)13-11-12-17(2)3/h10,15,17-20H,1,11-14,16H2,2-9H3/b23-15+. The van der Waals surface area contributed by atoms with Crippen molar-refractivity contribution in [1.29, 1.82) is 0 Å². The zero-order valence-corrected chi connectivity index (χ0v) is 18.4. The Hall–Kier alpha value is -1.32. The predicted molar refractivity (Wildman–Crippen MR) is 112 cm³/mol. The largest absolute Gasteiger partial charge is 0.442 e. The first-order valence-electron chi connectivity index (χ1n) is 10.1. The average molecular weight is 367 g/mol. The van der Waals surface area contributed by atoms with E-state index in [1.807, 2.05) is 27.0 Å². The minimum Gasteiger partial charge on any atom is -0.442 e. The van der Waals surface area contributed by atoms with Crippen LogP contribution >= 0.6 is 0 Å². The number of ether oxygens (including phenoxy) is 1. The van der Waals surface area contributed by atoms with Crippen molar-refractivity contribution in [2.45, 2.75) is 99.1 Å². The Morgan fingerprint density at radius 3 is 2.19 bits per heavy atom. The minimum atomic E-state index is -0.543. The van der Waals surface area contributed by atoms with E-state index in [0.717, 1.165) is 18.8 Å². The van der Waals surface area contributed by atoms with Crippen molar-refractivity contribution in [3.05, 3.63) is 12.7 Å². The zero-order chi connectivity index (χ0) is 20.3. The fraction of sp³-hybridized carbons (Fsp3) is 0.818. The lowest BCUT2D eigenvalue weighted by atomic mass is 9.98. The molecule has 0 aliphatic rings. The van der Waals surface area contributed by atoms with Gasteiger partial charge in [0.1, 0.15) is 5.60 Å². The van der Waals surface area contributed by atoms with Crippen molar-refractivity contribution in [3.8, 4) is 0 Å². The first-order chi connectivity index (χ1) is 12.0. The summed E-state index contributed by atoms with van der Waals surface area (Å²) in [6.07, 6.45) is 8.60. The zero-order valence-electron chi connectivity index (χ0n) is 18.4. The molecule has 4 heteroatoms. The molecule has 0 radical (unpaired) electrons. The second kappa shape index (κ2) is 12.1. The van der Waals surface area contributed by atoms with Gasteiger partial charge in [-0.3, -0.25) is 0 Å². The Morgan fingerprint density at radius 1 is 1.12 bits per heavy atom. The number of nitrogens with zero attached hydrogens (tertiary/aromatic N) is 2. The van der Waals surface area contributed by atoms with E-state index < -0.39 is 11.7 Å². The molecule has 0 rings (SSSR count). The van der Waals surface area contributed by atoms with Gasteiger partial charge in [0, 0.05) is 6.21 Å². The molecule has 0 saturated heterocycles. The highest BCUT2D eigenvalue weighted by Crippen LogP contribution is 2.19. The number of carbonyl (C=O) groups is 1. The fourth-order valence-corrected chi connectivity index (χ4v) is 2.66. The third-order valence-electron chi connectivity index (χ3n) is 4.07. The maximum Gasteiger partial charge on any atom is 0.431 e. The van der Waals surface area contributed by atoms with Crippen LogP contribution in [0, 0.1) is 17.8 Å². The Morgan fingerprint density at radius 2 is 1.73 bits per heavy atom. The molecule has 0 N–H and O–H groups in total. The van der Waals surface area contributed by atoms with E-state index in [1.54, 1.807) is 6.08 Å². The van der Waals surface area contributed by atoms with Crippen molar-refractivity contribution in [2.75, 3.05) is 0 Å². The molecule has 0 fully saturated rings. The molecule has 0 aromatic carbocycles. The van der Waals surface area contributed by atoms with E-state index in [1.165, 1.54) is 24.3 Å². The van der Waals surface area contributed by atoms with Gasteiger partial charge in [0.05, 0.1) is 6.04 Å². The van der Waals surface area contributed by atoms with Crippen molar-refractivity contribution < 1.29 is 9.53 Å². The summed E-state index contributed by atoms with van der Waals surface area (Å²) in [4.78, 5) is 12.6. The predicted octanol–water partition coefficient (Wildman–Crippen LogP) is 6.66. The molecule has 0 aromatic rings. The summed E-state index contributed by atoms with van der Waals surface area (Å²) in [5.41, 5.74) is -0.543. The lowest BCUT2D eigenvalue weighted by Crippen LogP contribution is -2.40. The summed E-state index contributed by atoms with van der Waals surface area (Å²) in [5.74, 6) is 1.75. The fourth-order valence-electron chi connectivity index (χ4n) is 2.66. The average Bonchev–Trinajstić information content (AvgIpc) is 2.47. The third-order valence-corrected chi connectivity index (χ3v) is 4.07. The van der Waals surface area contributed by atoms with Gasteiger partial charge < -0.3 is 4.74 Å². The highest BCUT2D eigenvalue weighted by Gasteiger charge is 2.27. The normalized spacial score (nSPS) is 14.7. The Balaban J connectivity index is 4.93. The quantitative estimate of drug-likeness (QED) is 0.233. The van der Waals surface area contributed by atoms with Gasteiger partial charge in [0.25, 0.3) is 0 Å². The SMILES string of the molecule is C=CC(CC(C)C)N(/N=C/CC(C)CCCC(C)C)C(=O)OC(C)(C)C. The maximum atomic E-state index is 12.6. The number of hydrogen-bond acceptors (Lipinski definition) is 3. The van der Waals surface area contributed by atoms with Crippen LogP contribution in [0.1, 0.15) is 87.5 Å². The topological polar surface area (TPSA) is 41.9 Å². The first-order valence-corrected chi connectivity index (χ1v) is 10.1. The summed E-state index contributed by atoms with van der Waals surface area (Å²) in [6, 6.07) is -0.155. The summed E-state index contributed by atoms with van der Waals surface area (Å²) >= 11 is 0. The summed E-state index contributed by atoms with van der Waals surface area (Å²) in [5, 5.41) is 5.94. The van der Waals surface area contributed by atoms with Crippen LogP contribution in [-0.2, 0) is 4.74 Å². The van der Waals surface area contributed by atoms with E-state index in [4.69, 9.17) is 4.74 Å². The molecule has 0 spiro atoms. The summed E-state index contributed by atoms with van der Waals surface area (Å²) in [7, 11) is 0. The number of hydrogen-bond donors (Lipinski definition) is 0. The van der Waals surface area contributed by atoms with Crippen molar-refractivity contribution >= 4 is 12.3 Å².